The van der Waals surface area contributed by atoms with Crippen molar-refractivity contribution in [2.24, 2.45) is 5.11 Å². The zero-order chi connectivity index (χ0) is 12.1. The van der Waals surface area contributed by atoms with Gasteiger partial charge < -0.3 is 0 Å². The maximum absolute atomic E-state index is 12.0. The second kappa shape index (κ2) is 5.14. The van der Waals surface area contributed by atoms with Gasteiger partial charge in [0.1, 0.15) is 0 Å². The molecule has 1 aromatic heterocycles. The van der Waals surface area contributed by atoms with Crippen LogP contribution >= 0.6 is 0 Å². The third-order valence-corrected chi connectivity index (χ3v) is 2.45. The molecular weight excluding hydrogens is 218 g/mol. The van der Waals surface area contributed by atoms with Crippen molar-refractivity contribution in [1.29, 1.82) is 0 Å². The maximum Gasteiger partial charge on any atom is 0.274 e. The van der Waals surface area contributed by atoms with Gasteiger partial charge in [0.25, 0.3) is 5.56 Å². The minimum Gasteiger partial charge on any atom is -0.267 e. The molecule has 0 atom stereocenters. The van der Waals surface area contributed by atoms with E-state index in [1.165, 1.54) is 4.68 Å². The van der Waals surface area contributed by atoms with Crippen LogP contribution in [0.4, 0.5) is 0 Å². The molecule has 1 aromatic carbocycles. The van der Waals surface area contributed by atoms with Crippen molar-refractivity contribution in [3.8, 4) is 0 Å². The molecule has 0 aliphatic heterocycles. The highest BCUT2D eigenvalue weighted by molar-refractivity contribution is 5.80. The van der Waals surface area contributed by atoms with E-state index in [0.29, 0.717) is 24.9 Å². The fourth-order valence-corrected chi connectivity index (χ4v) is 1.62. The Bertz CT molecular complexity index is 627. The molecule has 2 aromatic rings. The molecule has 6 nitrogen and oxygen atoms in total. The van der Waals surface area contributed by atoms with Crippen LogP contribution in [0.2, 0.25) is 0 Å². The summed E-state index contributed by atoms with van der Waals surface area (Å²) in [6.07, 6.45) is 2.28. The highest BCUT2D eigenvalue weighted by atomic mass is 16.1. The predicted molar refractivity (Wildman–Crippen MR) is 64.6 cm³/mol. The van der Waals surface area contributed by atoms with E-state index in [2.05, 4.69) is 15.1 Å². The number of aryl methyl sites for hydroxylation is 1. The fraction of sp³-hybridized carbons (Fsp3) is 0.273. The van der Waals surface area contributed by atoms with Gasteiger partial charge in [0.2, 0.25) is 0 Å². The minimum absolute atomic E-state index is 0.107. The number of fused-ring (bicyclic) bond motifs is 1. The lowest BCUT2D eigenvalue weighted by Crippen LogP contribution is -2.23. The van der Waals surface area contributed by atoms with Crippen LogP contribution in [-0.4, -0.2) is 16.3 Å². The van der Waals surface area contributed by atoms with Crippen molar-refractivity contribution in [1.82, 2.24) is 9.78 Å². The summed E-state index contributed by atoms with van der Waals surface area (Å²) in [5.41, 5.74) is 8.03. The molecule has 0 radical (unpaired) electrons. The summed E-state index contributed by atoms with van der Waals surface area (Å²) in [6.45, 7) is 0.833. The molecule has 0 amide bonds. The lowest BCUT2D eigenvalue weighted by Gasteiger charge is -2.04. The van der Waals surface area contributed by atoms with E-state index >= 15 is 0 Å². The normalized spacial score (nSPS) is 10.1. The van der Waals surface area contributed by atoms with Gasteiger partial charge in [-0.2, -0.15) is 5.10 Å². The van der Waals surface area contributed by atoms with E-state index < -0.39 is 0 Å². The molecule has 0 fully saturated rings. The molecule has 1 heterocycles. The molecule has 0 saturated carbocycles. The molecule has 0 aliphatic rings. The molecule has 0 aliphatic carbocycles. The molecule has 86 valence electrons. The summed E-state index contributed by atoms with van der Waals surface area (Å²) in [7, 11) is 0. The standard InChI is InChI=1S/C11H11N5O/c12-15-13-6-3-7-16-11(17)10-5-2-1-4-9(10)8-14-16/h1-2,4-5,8H,3,6-7H2. The second-order valence-electron chi connectivity index (χ2n) is 3.57. The smallest absolute Gasteiger partial charge is 0.267 e. The molecule has 2 rings (SSSR count). The average Bonchev–Trinajstić information content (AvgIpc) is 2.37. The Morgan fingerprint density at radius 2 is 2.24 bits per heavy atom. The number of rotatable bonds is 4. The number of benzene rings is 1. The minimum atomic E-state index is -0.107. The summed E-state index contributed by atoms with van der Waals surface area (Å²) in [5.74, 6) is 0. The van der Waals surface area contributed by atoms with Gasteiger partial charge in [-0.15, -0.1) is 0 Å². The zero-order valence-corrected chi connectivity index (χ0v) is 9.15. The molecule has 0 N–H and O–H groups in total. The number of azide groups is 1. The van der Waals surface area contributed by atoms with Gasteiger partial charge in [-0.25, -0.2) is 4.68 Å². The molecule has 0 spiro atoms. The van der Waals surface area contributed by atoms with Crippen LogP contribution in [0.3, 0.4) is 0 Å². The maximum atomic E-state index is 12.0. The molecule has 6 heteroatoms. The van der Waals surface area contributed by atoms with Crippen molar-refractivity contribution >= 4 is 10.8 Å². The topological polar surface area (TPSA) is 83.7 Å². The number of hydrogen-bond donors (Lipinski definition) is 0. The Morgan fingerprint density at radius 3 is 3.06 bits per heavy atom. The monoisotopic (exact) mass is 229 g/mol. The van der Waals surface area contributed by atoms with Gasteiger partial charge in [0.15, 0.2) is 0 Å². The first-order valence-corrected chi connectivity index (χ1v) is 5.28. The van der Waals surface area contributed by atoms with Crippen LogP contribution in [0.1, 0.15) is 6.42 Å². The summed E-state index contributed by atoms with van der Waals surface area (Å²) >= 11 is 0. The largest absolute Gasteiger partial charge is 0.274 e. The number of aromatic nitrogens is 2. The Morgan fingerprint density at radius 1 is 1.41 bits per heavy atom. The number of hydrogen-bond acceptors (Lipinski definition) is 3. The molecule has 17 heavy (non-hydrogen) atoms. The van der Waals surface area contributed by atoms with Gasteiger partial charge >= 0.3 is 0 Å². The van der Waals surface area contributed by atoms with E-state index in [1.807, 2.05) is 18.2 Å². The first kappa shape index (κ1) is 11.2. The van der Waals surface area contributed by atoms with Gasteiger partial charge in [-0.3, -0.25) is 4.79 Å². The van der Waals surface area contributed by atoms with Crippen molar-refractivity contribution in [2.45, 2.75) is 13.0 Å². The third kappa shape index (κ3) is 2.43. The lowest BCUT2D eigenvalue weighted by atomic mass is 10.2. The van der Waals surface area contributed by atoms with Crippen LogP contribution in [-0.2, 0) is 6.54 Å². The van der Waals surface area contributed by atoms with E-state index in [1.54, 1.807) is 12.3 Å². The van der Waals surface area contributed by atoms with Crippen LogP contribution in [0.25, 0.3) is 21.2 Å². The highest BCUT2D eigenvalue weighted by Gasteiger charge is 2.02. The molecular formula is C11H11N5O. The van der Waals surface area contributed by atoms with Crippen molar-refractivity contribution < 1.29 is 0 Å². The molecule has 0 saturated heterocycles. The average molecular weight is 229 g/mol. The predicted octanol–water partition coefficient (Wildman–Crippen LogP) is 2.10. The van der Waals surface area contributed by atoms with Gasteiger partial charge in [-0.1, -0.05) is 23.3 Å². The summed E-state index contributed by atoms with van der Waals surface area (Å²) in [6, 6.07) is 7.33. The van der Waals surface area contributed by atoms with E-state index in [0.717, 1.165) is 5.39 Å². The molecule has 0 bridgehead atoms. The first-order valence-electron chi connectivity index (χ1n) is 5.28. The highest BCUT2D eigenvalue weighted by Crippen LogP contribution is 2.06. The summed E-state index contributed by atoms with van der Waals surface area (Å²) in [4.78, 5) is 14.6. The third-order valence-electron chi connectivity index (χ3n) is 2.45. The lowest BCUT2D eigenvalue weighted by molar-refractivity contribution is 0.558. The SMILES string of the molecule is [N-]=[N+]=NCCCn1ncc2ccccc2c1=O. The van der Waals surface area contributed by atoms with Crippen molar-refractivity contribution in [3.05, 3.63) is 51.3 Å². The Kier molecular flexibility index (Phi) is 3.37. The molecule has 0 unspecified atom stereocenters. The van der Waals surface area contributed by atoms with E-state index in [-0.39, 0.29) is 5.56 Å². The zero-order valence-electron chi connectivity index (χ0n) is 9.15. The van der Waals surface area contributed by atoms with Crippen molar-refractivity contribution in [3.63, 3.8) is 0 Å². The first-order chi connectivity index (χ1) is 8.33. The summed E-state index contributed by atoms with van der Waals surface area (Å²) < 4.78 is 1.40. The van der Waals surface area contributed by atoms with Crippen LogP contribution in [0.5, 0.6) is 0 Å². The van der Waals surface area contributed by atoms with Crippen LogP contribution < -0.4 is 5.56 Å². The van der Waals surface area contributed by atoms with Crippen molar-refractivity contribution in [2.75, 3.05) is 6.54 Å². The van der Waals surface area contributed by atoms with Crippen LogP contribution in [0, 0.1) is 0 Å². The Labute approximate surface area is 97.1 Å². The number of nitrogens with zero attached hydrogens (tertiary/aromatic N) is 5. The van der Waals surface area contributed by atoms with E-state index in [9.17, 15) is 4.79 Å². The Balaban J connectivity index is 2.27. The van der Waals surface area contributed by atoms with Gasteiger partial charge in [0.05, 0.1) is 11.6 Å². The van der Waals surface area contributed by atoms with Gasteiger partial charge in [-0.05, 0) is 18.0 Å². The second-order valence-corrected chi connectivity index (χ2v) is 3.57. The fourth-order valence-electron chi connectivity index (χ4n) is 1.62. The quantitative estimate of drug-likeness (QED) is 0.348. The Hall–Kier alpha value is -2.33. The van der Waals surface area contributed by atoms with E-state index in [4.69, 9.17) is 5.53 Å². The van der Waals surface area contributed by atoms with Gasteiger partial charge in [0, 0.05) is 23.4 Å². The van der Waals surface area contributed by atoms with Crippen LogP contribution in [0.15, 0.2) is 40.4 Å². The summed E-state index contributed by atoms with van der Waals surface area (Å²) in [5, 5.41) is 8.99.